The van der Waals surface area contributed by atoms with Crippen molar-refractivity contribution in [1.29, 1.82) is 0 Å². The van der Waals surface area contributed by atoms with Crippen LogP contribution in [0.2, 0.25) is 0 Å². The average Bonchev–Trinajstić information content (AvgIpc) is 2.95. The molecule has 0 radical (unpaired) electrons. The van der Waals surface area contributed by atoms with E-state index < -0.39 is 12.1 Å². The molecule has 0 bridgehead atoms. The van der Waals surface area contributed by atoms with Gasteiger partial charge in [-0.2, -0.15) is 13.2 Å². The highest BCUT2D eigenvalue weighted by atomic mass is 79.9. The van der Waals surface area contributed by atoms with Crippen molar-refractivity contribution < 1.29 is 32.2 Å². The summed E-state index contributed by atoms with van der Waals surface area (Å²) < 4.78 is 49.8. The first kappa shape index (κ1) is 32.2. The van der Waals surface area contributed by atoms with E-state index in [1.807, 2.05) is 24.3 Å². The minimum absolute atomic E-state index is 0.125. The van der Waals surface area contributed by atoms with Crippen LogP contribution in [0.25, 0.3) is 10.9 Å². The van der Waals surface area contributed by atoms with Crippen LogP contribution in [0.15, 0.2) is 59.4 Å². The molecule has 0 unspecified atom stereocenters. The maximum Gasteiger partial charge on any atom is 0.409 e. The van der Waals surface area contributed by atoms with Gasteiger partial charge in [-0.25, -0.2) is 9.97 Å². The quantitative estimate of drug-likeness (QED) is 0.155. The first-order valence-corrected chi connectivity index (χ1v) is 14.5. The first-order valence-electron chi connectivity index (χ1n) is 13.7. The monoisotopic (exact) mass is 664 g/mol. The number of esters is 1. The molecule has 230 valence electrons. The number of fused-ring (bicyclic) bond motifs is 1. The number of carbonyl (C=O) groups excluding carboxylic acids is 2. The van der Waals surface area contributed by atoms with Crippen LogP contribution in [0.5, 0.6) is 5.75 Å². The Hall–Kier alpha value is -3.75. The molecule has 1 amide bonds. The number of rotatable bonds is 12. The van der Waals surface area contributed by atoms with Gasteiger partial charge in [-0.1, -0.05) is 22.0 Å². The minimum atomic E-state index is -4.63. The van der Waals surface area contributed by atoms with Gasteiger partial charge in [0.15, 0.2) is 0 Å². The van der Waals surface area contributed by atoms with Crippen LogP contribution in [0.4, 0.5) is 30.4 Å². The summed E-state index contributed by atoms with van der Waals surface area (Å²) in [5, 5.41) is 6.24. The van der Waals surface area contributed by atoms with Crippen molar-refractivity contribution in [1.82, 2.24) is 19.8 Å². The van der Waals surface area contributed by atoms with E-state index in [0.29, 0.717) is 42.4 Å². The molecular weight excluding hydrogens is 633 g/mol. The highest BCUT2D eigenvalue weighted by molar-refractivity contribution is 9.10. The lowest BCUT2D eigenvalue weighted by Crippen LogP contribution is -2.48. The molecule has 10 nitrogen and oxygen atoms in total. The number of aromatic nitrogens is 2. The molecule has 2 N–H and O–H groups in total. The van der Waals surface area contributed by atoms with Crippen LogP contribution in [0.3, 0.4) is 0 Å². The van der Waals surface area contributed by atoms with E-state index in [9.17, 15) is 22.8 Å². The summed E-state index contributed by atoms with van der Waals surface area (Å²) in [4.78, 5) is 37.1. The molecule has 14 heteroatoms. The van der Waals surface area contributed by atoms with Crippen LogP contribution >= 0.6 is 15.9 Å². The lowest BCUT2D eigenvalue weighted by atomic mass is 10.1. The molecule has 1 saturated heterocycles. The molecule has 4 rings (SSSR count). The van der Waals surface area contributed by atoms with E-state index in [1.165, 1.54) is 6.33 Å². The van der Waals surface area contributed by atoms with Gasteiger partial charge in [0, 0.05) is 66.5 Å². The lowest BCUT2D eigenvalue weighted by Gasteiger charge is -2.34. The number of hydrogen-bond donors (Lipinski definition) is 2. The molecule has 43 heavy (non-hydrogen) atoms. The minimum Gasteiger partial charge on any atom is -0.491 e. The van der Waals surface area contributed by atoms with Gasteiger partial charge >= 0.3 is 12.1 Å². The second-order valence-electron chi connectivity index (χ2n) is 9.71. The summed E-state index contributed by atoms with van der Waals surface area (Å²) in [6.45, 7) is 6.57. The number of ether oxygens (including phenoxy) is 2. The molecule has 0 saturated carbocycles. The fourth-order valence-corrected chi connectivity index (χ4v) is 4.88. The lowest BCUT2D eigenvalue weighted by molar-refractivity contribution is -0.144. The predicted octanol–water partition coefficient (Wildman–Crippen LogP) is 5.14. The standard InChI is InChI=1S/C29H32BrF3N6O4/c1-2-42-27(41)18-39-12-10-38(11-13-39)9-4-14-43-25-17-23-22(16-24(25)37-26(40)7-8-29(31,32)33)28(35-19-34-23)36-21-6-3-5-20(30)15-21/h3,5-8,15-17,19H,2,4,9-14,18H2,1H3,(H,37,40)(H,34,35,36). The summed E-state index contributed by atoms with van der Waals surface area (Å²) >= 11 is 3.43. The third-order valence-corrected chi connectivity index (χ3v) is 7.00. The smallest absolute Gasteiger partial charge is 0.409 e. The maximum atomic E-state index is 12.7. The summed E-state index contributed by atoms with van der Waals surface area (Å²) in [6.07, 6.45) is -2.27. The van der Waals surface area contributed by atoms with Gasteiger partial charge in [0.25, 0.3) is 0 Å². The Labute approximate surface area is 255 Å². The molecule has 0 aliphatic carbocycles. The number of benzene rings is 2. The van der Waals surface area contributed by atoms with Gasteiger partial charge in [-0.15, -0.1) is 0 Å². The van der Waals surface area contributed by atoms with E-state index in [0.717, 1.165) is 42.9 Å². The summed E-state index contributed by atoms with van der Waals surface area (Å²) in [7, 11) is 0. The molecule has 2 aromatic carbocycles. The molecule has 0 atom stereocenters. The summed E-state index contributed by atoms with van der Waals surface area (Å²) in [5.41, 5.74) is 1.45. The zero-order valence-corrected chi connectivity index (χ0v) is 25.1. The Morgan fingerprint density at radius 3 is 2.58 bits per heavy atom. The number of nitrogens with one attached hydrogen (secondary N) is 2. The number of alkyl halides is 3. The molecule has 1 aliphatic rings. The molecule has 2 heterocycles. The highest BCUT2D eigenvalue weighted by Crippen LogP contribution is 2.34. The summed E-state index contributed by atoms with van der Waals surface area (Å²) in [6, 6.07) is 10.6. The molecule has 1 aromatic heterocycles. The van der Waals surface area contributed by atoms with Crippen molar-refractivity contribution in [3.05, 3.63) is 59.4 Å². The van der Waals surface area contributed by atoms with Crippen molar-refractivity contribution >= 4 is 55.9 Å². The normalized spacial score (nSPS) is 14.6. The first-order chi connectivity index (χ1) is 20.6. The Kier molecular flexibility index (Phi) is 11.3. The SMILES string of the molecule is CCOC(=O)CN1CCN(CCCOc2cc3ncnc(Nc4cccc(Br)c4)c3cc2NC(=O)C=CC(F)(F)F)CC1. The van der Waals surface area contributed by atoms with Gasteiger partial charge in [0.05, 0.1) is 31.0 Å². The second-order valence-corrected chi connectivity index (χ2v) is 10.6. The van der Waals surface area contributed by atoms with E-state index in [-0.39, 0.29) is 30.0 Å². The fraction of sp³-hybridized carbons (Fsp3) is 0.379. The number of hydrogen-bond acceptors (Lipinski definition) is 9. The Morgan fingerprint density at radius 2 is 1.86 bits per heavy atom. The number of piperazine rings is 1. The van der Waals surface area contributed by atoms with Crippen molar-refractivity contribution in [2.75, 3.05) is 63.1 Å². The molecule has 3 aromatic rings. The van der Waals surface area contributed by atoms with Gasteiger partial charge in [-0.05, 0) is 37.6 Å². The molecular formula is C29H32BrF3N6O4. The van der Waals surface area contributed by atoms with Gasteiger partial charge in [-0.3, -0.25) is 14.5 Å². The Morgan fingerprint density at radius 1 is 1.09 bits per heavy atom. The van der Waals surface area contributed by atoms with Crippen LogP contribution < -0.4 is 15.4 Å². The van der Waals surface area contributed by atoms with E-state index in [1.54, 1.807) is 19.1 Å². The largest absolute Gasteiger partial charge is 0.491 e. The van der Waals surface area contributed by atoms with Crippen molar-refractivity contribution in [2.24, 2.45) is 0 Å². The third kappa shape index (κ3) is 10.2. The number of allylic oxidation sites excluding steroid dienone is 1. The Balaban J connectivity index is 1.44. The van der Waals surface area contributed by atoms with Gasteiger partial charge < -0.3 is 25.0 Å². The van der Waals surface area contributed by atoms with Gasteiger partial charge in [0.1, 0.15) is 17.9 Å². The maximum absolute atomic E-state index is 12.7. The van der Waals surface area contributed by atoms with Crippen molar-refractivity contribution in [2.45, 2.75) is 19.5 Å². The number of amides is 1. The molecule has 0 spiro atoms. The van der Waals surface area contributed by atoms with Gasteiger partial charge in [0.2, 0.25) is 5.91 Å². The van der Waals surface area contributed by atoms with Crippen molar-refractivity contribution in [3.8, 4) is 5.75 Å². The highest BCUT2D eigenvalue weighted by Gasteiger charge is 2.23. The van der Waals surface area contributed by atoms with E-state index >= 15 is 0 Å². The Bertz CT molecular complexity index is 1450. The van der Waals surface area contributed by atoms with Crippen molar-refractivity contribution in [3.63, 3.8) is 0 Å². The fourth-order valence-electron chi connectivity index (χ4n) is 4.48. The molecule has 1 fully saturated rings. The van der Waals surface area contributed by atoms with Crippen LogP contribution in [-0.2, 0) is 14.3 Å². The number of nitrogens with zero attached hydrogens (tertiary/aromatic N) is 4. The molecule has 1 aliphatic heterocycles. The topological polar surface area (TPSA) is 109 Å². The second kappa shape index (κ2) is 15.1. The zero-order chi connectivity index (χ0) is 30.8. The van der Waals surface area contributed by atoms with E-state index in [2.05, 4.69) is 46.3 Å². The van der Waals surface area contributed by atoms with Crippen LogP contribution in [-0.4, -0.2) is 90.3 Å². The number of halogens is 4. The van der Waals surface area contributed by atoms with Crippen LogP contribution in [0.1, 0.15) is 13.3 Å². The van der Waals surface area contributed by atoms with Crippen LogP contribution in [0, 0.1) is 0 Å². The number of carbonyl (C=O) groups is 2. The number of anilines is 3. The third-order valence-electron chi connectivity index (χ3n) is 6.50. The zero-order valence-electron chi connectivity index (χ0n) is 23.5. The predicted molar refractivity (Wildman–Crippen MR) is 160 cm³/mol. The van der Waals surface area contributed by atoms with E-state index in [4.69, 9.17) is 9.47 Å². The summed E-state index contributed by atoms with van der Waals surface area (Å²) in [5.74, 6) is -0.468. The average molecular weight is 666 g/mol.